The predicted molar refractivity (Wildman–Crippen MR) is 90.4 cm³/mol. The van der Waals surface area contributed by atoms with Crippen molar-refractivity contribution in [2.24, 2.45) is 0 Å². The third kappa shape index (κ3) is 3.93. The highest BCUT2D eigenvalue weighted by molar-refractivity contribution is 5.82. The zero-order chi connectivity index (χ0) is 14.3. The van der Waals surface area contributed by atoms with Gasteiger partial charge in [-0.15, -0.1) is 0 Å². The first-order chi connectivity index (χ1) is 10.4. The molecule has 0 aliphatic heterocycles. The maximum Gasteiger partial charge on any atom is 0.0205 e. The number of hydrogen-bond acceptors (Lipinski definition) is 1. The molecule has 1 nitrogen and oxygen atoms in total. The molecule has 3 aromatic rings. The Kier molecular flexibility index (Phi) is 4.65. The number of rotatable bonds is 6. The van der Waals surface area contributed by atoms with Gasteiger partial charge in [-0.1, -0.05) is 66.7 Å². The van der Waals surface area contributed by atoms with Gasteiger partial charge < -0.3 is 5.32 Å². The van der Waals surface area contributed by atoms with Crippen molar-refractivity contribution >= 4 is 10.8 Å². The molecule has 3 aromatic carbocycles. The summed E-state index contributed by atoms with van der Waals surface area (Å²) in [7, 11) is 0. The summed E-state index contributed by atoms with van der Waals surface area (Å²) >= 11 is 0. The molecule has 0 unspecified atom stereocenters. The van der Waals surface area contributed by atoms with E-state index < -0.39 is 0 Å². The highest BCUT2D eigenvalue weighted by Gasteiger charge is 1.96. The Hall–Kier alpha value is -2.12. The average molecular weight is 275 g/mol. The monoisotopic (exact) mass is 275 g/mol. The van der Waals surface area contributed by atoms with E-state index in [9.17, 15) is 0 Å². The quantitative estimate of drug-likeness (QED) is 0.650. The molecule has 0 aromatic heterocycles. The van der Waals surface area contributed by atoms with Crippen molar-refractivity contribution in [1.82, 2.24) is 5.32 Å². The minimum atomic E-state index is 0.944. The minimum Gasteiger partial charge on any atom is -0.313 e. The van der Waals surface area contributed by atoms with Crippen molar-refractivity contribution in [3.05, 3.63) is 83.9 Å². The molecule has 21 heavy (non-hydrogen) atoms. The van der Waals surface area contributed by atoms with Crippen LogP contribution in [-0.2, 0) is 13.0 Å². The Labute approximate surface area is 126 Å². The summed E-state index contributed by atoms with van der Waals surface area (Å²) in [6.45, 7) is 2.00. The van der Waals surface area contributed by atoms with E-state index in [0.717, 1.165) is 19.5 Å². The second-order valence-electron chi connectivity index (χ2n) is 5.45. The van der Waals surface area contributed by atoms with E-state index in [2.05, 4.69) is 78.1 Å². The number of hydrogen-bond donors (Lipinski definition) is 1. The number of fused-ring (bicyclic) bond motifs is 1. The zero-order valence-corrected chi connectivity index (χ0v) is 12.3. The Morgan fingerprint density at radius 1 is 0.667 bits per heavy atom. The Balaban J connectivity index is 1.46. The SMILES string of the molecule is c1ccc(CCCNCc2ccc3ccccc3c2)cc1. The van der Waals surface area contributed by atoms with Gasteiger partial charge in [-0.3, -0.25) is 0 Å². The van der Waals surface area contributed by atoms with Crippen LogP contribution < -0.4 is 5.32 Å². The zero-order valence-electron chi connectivity index (χ0n) is 12.3. The first kappa shape index (κ1) is 13.8. The molecule has 0 bridgehead atoms. The second-order valence-corrected chi connectivity index (χ2v) is 5.45. The Morgan fingerprint density at radius 3 is 2.29 bits per heavy atom. The molecular weight excluding hydrogens is 254 g/mol. The largest absolute Gasteiger partial charge is 0.313 e. The standard InChI is InChI=1S/C20H21N/c1-2-7-17(8-3-1)9-6-14-21-16-18-12-13-19-10-4-5-11-20(19)15-18/h1-5,7-8,10-13,15,21H,6,9,14,16H2. The molecule has 0 heterocycles. The van der Waals surface area contributed by atoms with Crippen LogP contribution >= 0.6 is 0 Å². The summed E-state index contributed by atoms with van der Waals surface area (Å²) in [5.41, 5.74) is 2.78. The van der Waals surface area contributed by atoms with Gasteiger partial charge in [0.2, 0.25) is 0 Å². The van der Waals surface area contributed by atoms with Crippen LogP contribution in [0.4, 0.5) is 0 Å². The van der Waals surface area contributed by atoms with E-state index in [1.165, 1.54) is 28.3 Å². The maximum atomic E-state index is 3.54. The number of aryl methyl sites for hydroxylation is 1. The molecule has 0 spiro atoms. The van der Waals surface area contributed by atoms with Crippen LogP contribution in [0.3, 0.4) is 0 Å². The van der Waals surface area contributed by atoms with Crippen LogP contribution in [0, 0.1) is 0 Å². The van der Waals surface area contributed by atoms with Crippen molar-refractivity contribution in [2.45, 2.75) is 19.4 Å². The lowest BCUT2D eigenvalue weighted by molar-refractivity contribution is 0.650. The van der Waals surface area contributed by atoms with Crippen molar-refractivity contribution in [2.75, 3.05) is 6.54 Å². The van der Waals surface area contributed by atoms with Crippen LogP contribution in [0.1, 0.15) is 17.5 Å². The van der Waals surface area contributed by atoms with Crippen LogP contribution in [-0.4, -0.2) is 6.54 Å². The van der Waals surface area contributed by atoms with Crippen molar-refractivity contribution in [1.29, 1.82) is 0 Å². The van der Waals surface area contributed by atoms with Gasteiger partial charge in [0.25, 0.3) is 0 Å². The van der Waals surface area contributed by atoms with Gasteiger partial charge in [-0.2, -0.15) is 0 Å². The summed E-state index contributed by atoms with van der Waals surface area (Å²) in [4.78, 5) is 0. The molecule has 0 atom stereocenters. The van der Waals surface area contributed by atoms with Crippen LogP contribution in [0.25, 0.3) is 10.8 Å². The van der Waals surface area contributed by atoms with E-state index in [1.54, 1.807) is 0 Å². The summed E-state index contributed by atoms with van der Waals surface area (Å²) < 4.78 is 0. The average Bonchev–Trinajstić information content (AvgIpc) is 2.55. The van der Waals surface area contributed by atoms with E-state index in [0.29, 0.717) is 0 Å². The molecule has 0 radical (unpaired) electrons. The summed E-state index contributed by atoms with van der Waals surface area (Å²) in [5.74, 6) is 0. The van der Waals surface area contributed by atoms with E-state index in [1.807, 2.05) is 0 Å². The Morgan fingerprint density at radius 2 is 1.43 bits per heavy atom. The van der Waals surface area contributed by atoms with E-state index in [-0.39, 0.29) is 0 Å². The van der Waals surface area contributed by atoms with E-state index >= 15 is 0 Å². The van der Waals surface area contributed by atoms with Crippen LogP contribution in [0.15, 0.2) is 72.8 Å². The van der Waals surface area contributed by atoms with Gasteiger partial charge in [0.1, 0.15) is 0 Å². The third-order valence-electron chi connectivity index (χ3n) is 3.80. The smallest absolute Gasteiger partial charge is 0.0205 e. The lowest BCUT2D eigenvalue weighted by Crippen LogP contribution is -2.15. The lowest BCUT2D eigenvalue weighted by atomic mass is 10.1. The second kappa shape index (κ2) is 7.05. The molecule has 0 saturated carbocycles. The summed E-state index contributed by atoms with van der Waals surface area (Å²) in [6, 6.07) is 25.9. The fourth-order valence-corrected chi connectivity index (χ4v) is 2.64. The number of nitrogens with one attached hydrogen (secondary N) is 1. The highest BCUT2D eigenvalue weighted by Crippen LogP contribution is 2.15. The van der Waals surface area contributed by atoms with Gasteiger partial charge in [-0.05, 0) is 47.4 Å². The first-order valence-electron chi connectivity index (χ1n) is 7.64. The lowest BCUT2D eigenvalue weighted by Gasteiger charge is -2.06. The third-order valence-corrected chi connectivity index (χ3v) is 3.80. The normalized spacial score (nSPS) is 10.9. The van der Waals surface area contributed by atoms with Crippen molar-refractivity contribution < 1.29 is 0 Å². The minimum absolute atomic E-state index is 0.944. The Bertz CT molecular complexity index is 688. The molecular formula is C20H21N. The molecule has 106 valence electrons. The van der Waals surface area contributed by atoms with Crippen molar-refractivity contribution in [3.8, 4) is 0 Å². The molecule has 1 N–H and O–H groups in total. The number of benzene rings is 3. The topological polar surface area (TPSA) is 12.0 Å². The summed E-state index contributed by atoms with van der Waals surface area (Å²) in [6.07, 6.45) is 2.32. The molecule has 0 fully saturated rings. The van der Waals surface area contributed by atoms with Gasteiger partial charge in [0, 0.05) is 6.54 Å². The molecule has 1 heteroatoms. The van der Waals surface area contributed by atoms with Gasteiger partial charge in [0.05, 0.1) is 0 Å². The van der Waals surface area contributed by atoms with Crippen molar-refractivity contribution in [3.63, 3.8) is 0 Å². The fourth-order valence-electron chi connectivity index (χ4n) is 2.64. The molecule has 0 saturated heterocycles. The van der Waals surface area contributed by atoms with Gasteiger partial charge >= 0.3 is 0 Å². The molecule has 3 rings (SSSR count). The highest BCUT2D eigenvalue weighted by atomic mass is 14.8. The molecule has 0 aliphatic carbocycles. The fraction of sp³-hybridized carbons (Fsp3) is 0.200. The van der Waals surface area contributed by atoms with Crippen LogP contribution in [0.5, 0.6) is 0 Å². The first-order valence-corrected chi connectivity index (χ1v) is 7.64. The predicted octanol–water partition coefficient (Wildman–Crippen LogP) is 4.56. The molecule has 0 amide bonds. The van der Waals surface area contributed by atoms with Gasteiger partial charge in [-0.25, -0.2) is 0 Å². The molecule has 0 aliphatic rings. The van der Waals surface area contributed by atoms with Gasteiger partial charge in [0.15, 0.2) is 0 Å². The maximum absolute atomic E-state index is 3.54. The van der Waals surface area contributed by atoms with Crippen LogP contribution in [0.2, 0.25) is 0 Å². The summed E-state index contributed by atoms with van der Waals surface area (Å²) in [5, 5.41) is 6.17. The van der Waals surface area contributed by atoms with E-state index in [4.69, 9.17) is 0 Å².